The molecule has 0 unspecified atom stereocenters. The lowest BCUT2D eigenvalue weighted by Crippen LogP contribution is -2.25. The smallest absolute Gasteiger partial charge is 0.262 e. The van der Waals surface area contributed by atoms with Crippen molar-refractivity contribution < 1.29 is 0 Å². The minimum atomic E-state index is -0.00260. The van der Waals surface area contributed by atoms with Crippen LogP contribution in [0.3, 0.4) is 0 Å². The molecule has 4 rings (SSSR count). The fraction of sp³-hybridized carbons (Fsp3) is 0.190. The predicted octanol–water partition coefficient (Wildman–Crippen LogP) is 5.47. The largest absolute Gasteiger partial charge is 0.285 e. The summed E-state index contributed by atoms with van der Waals surface area (Å²) < 4.78 is 1.76. The van der Waals surface area contributed by atoms with E-state index in [-0.39, 0.29) is 11.6 Å². The molecule has 0 fully saturated rings. The molecular weight excluding hydrogens is 378 g/mol. The molecule has 0 aliphatic rings. The van der Waals surface area contributed by atoms with E-state index < -0.39 is 0 Å². The number of aromatic nitrogens is 3. The zero-order valence-corrected chi connectivity index (χ0v) is 16.6. The molecule has 136 valence electrons. The molecule has 4 aromatic rings. The van der Waals surface area contributed by atoms with Crippen LogP contribution >= 0.6 is 23.4 Å². The number of thioether (sulfide) groups is 1. The van der Waals surface area contributed by atoms with Crippen LogP contribution in [0.1, 0.15) is 25.5 Å². The number of hydrogen-bond acceptors (Lipinski definition) is 4. The lowest BCUT2D eigenvalue weighted by atomic mass is 10.1. The summed E-state index contributed by atoms with van der Waals surface area (Å²) in [6.45, 7) is 4.00. The highest BCUT2D eigenvalue weighted by Crippen LogP contribution is 2.30. The predicted molar refractivity (Wildman–Crippen MR) is 113 cm³/mol. The van der Waals surface area contributed by atoms with Gasteiger partial charge in [-0.05, 0) is 49.7 Å². The molecule has 0 saturated heterocycles. The van der Waals surface area contributed by atoms with Gasteiger partial charge in [-0.1, -0.05) is 41.6 Å². The second-order valence-electron chi connectivity index (χ2n) is 6.58. The second kappa shape index (κ2) is 7.33. The highest BCUT2D eigenvalue weighted by molar-refractivity contribution is 7.98. The number of rotatable bonds is 4. The first-order valence-electron chi connectivity index (χ1n) is 8.72. The van der Waals surface area contributed by atoms with Gasteiger partial charge in [0.15, 0.2) is 5.16 Å². The van der Waals surface area contributed by atoms with E-state index in [1.165, 1.54) is 0 Å². The van der Waals surface area contributed by atoms with Crippen molar-refractivity contribution in [1.82, 2.24) is 14.5 Å². The summed E-state index contributed by atoms with van der Waals surface area (Å²) in [4.78, 5) is 22.2. The van der Waals surface area contributed by atoms with Gasteiger partial charge >= 0.3 is 0 Å². The second-order valence-corrected chi connectivity index (χ2v) is 7.92. The summed E-state index contributed by atoms with van der Waals surface area (Å²) in [5, 5.41) is 2.99. The van der Waals surface area contributed by atoms with Crippen LogP contribution in [0.2, 0.25) is 5.02 Å². The standard InChI is InChI=1S/C21H18ClN3OS/c1-13(2)25-20(26)16-6-3-4-8-18(16)24-21(25)27-12-14-9-10-17(22)15-7-5-11-23-19(14)15/h3-11,13H,12H2,1-2H3. The maximum absolute atomic E-state index is 12.9. The third-order valence-corrected chi connectivity index (χ3v) is 5.78. The fourth-order valence-corrected chi connectivity index (χ4v) is 4.47. The molecular formula is C21H18ClN3OS. The van der Waals surface area contributed by atoms with Gasteiger partial charge in [-0.2, -0.15) is 0 Å². The quantitative estimate of drug-likeness (QED) is 0.339. The molecule has 0 saturated carbocycles. The molecule has 0 bridgehead atoms. The highest BCUT2D eigenvalue weighted by Gasteiger charge is 2.15. The van der Waals surface area contributed by atoms with Crippen LogP contribution in [0.5, 0.6) is 0 Å². The Morgan fingerprint density at radius 1 is 1.07 bits per heavy atom. The van der Waals surface area contributed by atoms with Gasteiger partial charge in [0.1, 0.15) is 0 Å². The van der Waals surface area contributed by atoms with Crippen molar-refractivity contribution in [3.8, 4) is 0 Å². The summed E-state index contributed by atoms with van der Waals surface area (Å²) in [6.07, 6.45) is 1.77. The minimum absolute atomic E-state index is 0.00260. The van der Waals surface area contributed by atoms with Gasteiger partial charge in [0, 0.05) is 28.4 Å². The third-order valence-electron chi connectivity index (χ3n) is 4.45. The van der Waals surface area contributed by atoms with Crippen LogP contribution in [0.25, 0.3) is 21.8 Å². The Hall–Kier alpha value is -2.37. The van der Waals surface area contributed by atoms with Gasteiger partial charge in [-0.15, -0.1) is 0 Å². The Balaban J connectivity index is 1.78. The molecule has 2 heterocycles. The topological polar surface area (TPSA) is 47.8 Å². The summed E-state index contributed by atoms with van der Waals surface area (Å²) >= 11 is 7.84. The molecule has 0 spiro atoms. The van der Waals surface area contributed by atoms with Gasteiger partial charge in [-0.3, -0.25) is 14.3 Å². The molecule has 0 amide bonds. The zero-order valence-electron chi connectivity index (χ0n) is 15.0. The Morgan fingerprint density at radius 3 is 2.67 bits per heavy atom. The van der Waals surface area contributed by atoms with Gasteiger partial charge < -0.3 is 0 Å². The lowest BCUT2D eigenvalue weighted by molar-refractivity contribution is 0.519. The summed E-state index contributed by atoms with van der Waals surface area (Å²) in [5.41, 5.74) is 2.67. The Morgan fingerprint density at radius 2 is 1.85 bits per heavy atom. The maximum atomic E-state index is 12.9. The Bertz CT molecular complexity index is 1200. The lowest BCUT2D eigenvalue weighted by Gasteiger charge is -2.16. The highest BCUT2D eigenvalue weighted by atomic mass is 35.5. The van der Waals surface area contributed by atoms with Crippen molar-refractivity contribution in [3.63, 3.8) is 0 Å². The summed E-state index contributed by atoms with van der Waals surface area (Å²) in [6, 6.07) is 15.2. The van der Waals surface area contributed by atoms with E-state index in [0.29, 0.717) is 21.3 Å². The van der Waals surface area contributed by atoms with Crippen LogP contribution < -0.4 is 5.56 Å². The number of nitrogens with zero attached hydrogens (tertiary/aromatic N) is 3. The van der Waals surface area contributed by atoms with E-state index in [9.17, 15) is 4.79 Å². The number of fused-ring (bicyclic) bond motifs is 2. The SMILES string of the molecule is CC(C)n1c(SCc2ccc(Cl)c3cccnc23)nc2ccccc2c1=O. The summed E-state index contributed by atoms with van der Waals surface area (Å²) in [5.74, 6) is 0.655. The van der Waals surface area contributed by atoms with Crippen LogP contribution in [0.4, 0.5) is 0 Å². The molecule has 2 aromatic heterocycles. The van der Waals surface area contributed by atoms with E-state index >= 15 is 0 Å². The number of halogens is 1. The number of para-hydroxylation sites is 1. The Labute approximate surface area is 166 Å². The number of hydrogen-bond donors (Lipinski definition) is 0. The first-order valence-corrected chi connectivity index (χ1v) is 10.1. The van der Waals surface area contributed by atoms with Crippen molar-refractivity contribution in [1.29, 1.82) is 0 Å². The average molecular weight is 396 g/mol. The van der Waals surface area contributed by atoms with Gasteiger partial charge in [-0.25, -0.2) is 4.98 Å². The minimum Gasteiger partial charge on any atom is -0.285 e. The molecule has 0 aliphatic heterocycles. The van der Waals surface area contributed by atoms with E-state index in [1.807, 2.05) is 62.4 Å². The van der Waals surface area contributed by atoms with Crippen molar-refractivity contribution in [2.24, 2.45) is 0 Å². The third kappa shape index (κ3) is 3.33. The molecule has 0 atom stereocenters. The molecule has 2 aromatic carbocycles. The van der Waals surface area contributed by atoms with Crippen LogP contribution in [0.15, 0.2) is 64.7 Å². The molecule has 4 nitrogen and oxygen atoms in total. The van der Waals surface area contributed by atoms with E-state index in [4.69, 9.17) is 16.6 Å². The van der Waals surface area contributed by atoms with Gasteiger partial charge in [0.05, 0.1) is 16.4 Å². The maximum Gasteiger partial charge on any atom is 0.262 e. The molecule has 6 heteroatoms. The van der Waals surface area contributed by atoms with E-state index in [1.54, 1.807) is 22.5 Å². The fourth-order valence-electron chi connectivity index (χ4n) is 3.14. The van der Waals surface area contributed by atoms with Crippen LogP contribution in [-0.2, 0) is 5.75 Å². The van der Waals surface area contributed by atoms with Gasteiger partial charge in [0.2, 0.25) is 0 Å². The monoisotopic (exact) mass is 395 g/mol. The van der Waals surface area contributed by atoms with Crippen molar-refractivity contribution >= 4 is 45.2 Å². The number of benzene rings is 2. The average Bonchev–Trinajstić information content (AvgIpc) is 2.67. The van der Waals surface area contributed by atoms with Crippen molar-refractivity contribution in [2.45, 2.75) is 30.8 Å². The van der Waals surface area contributed by atoms with Crippen LogP contribution in [0, 0.1) is 0 Å². The van der Waals surface area contributed by atoms with E-state index in [2.05, 4.69) is 4.98 Å². The van der Waals surface area contributed by atoms with Crippen molar-refractivity contribution in [2.75, 3.05) is 0 Å². The molecule has 0 N–H and O–H groups in total. The summed E-state index contributed by atoms with van der Waals surface area (Å²) in [7, 11) is 0. The molecule has 0 aliphatic carbocycles. The first kappa shape index (κ1) is 18.0. The van der Waals surface area contributed by atoms with Crippen LogP contribution in [-0.4, -0.2) is 14.5 Å². The molecule has 27 heavy (non-hydrogen) atoms. The van der Waals surface area contributed by atoms with Crippen molar-refractivity contribution in [3.05, 3.63) is 75.7 Å². The normalized spacial score (nSPS) is 11.6. The Kier molecular flexibility index (Phi) is 4.89. The molecule has 0 radical (unpaired) electrons. The van der Waals surface area contributed by atoms with E-state index in [0.717, 1.165) is 22.0 Å². The first-order chi connectivity index (χ1) is 13.1. The number of pyridine rings is 1. The zero-order chi connectivity index (χ0) is 19.0. The van der Waals surface area contributed by atoms with Gasteiger partial charge in [0.25, 0.3) is 5.56 Å².